The van der Waals surface area contributed by atoms with Crippen LogP contribution < -0.4 is 15.5 Å². The molecule has 2 amide bonds. The lowest BCUT2D eigenvalue weighted by molar-refractivity contribution is -0.126. The van der Waals surface area contributed by atoms with Gasteiger partial charge in [-0.15, -0.1) is 0 Å². The Hall–Kier alpha value is -2.67. The first-order chi connectivity index (χ1) is 16.1. The molecule has 0 aromatic heterocycles. The van der Waals surface area contributed by atoms with E-state index in [0.717, 1.165) is 34.9 Å². The van der Waals surface area contributed by atoms with E-state index in [-0.39, 0.29) is 18.4 Å². The summed E-state index contributed by atoms with van der Waals surface area (Å²) in [7, 11) is 0. The summed E-state index contributed by atoms with van der Waals surface area (Å²) in [6.07, 6.45) is 10.1. The van der Waals surface area contributed by atoms with Crippen molar-refractivity contribution in [3.63, 3.8) is 0 Å². The SMILES string of the molecule is CCCCCCCCCC(=O)NCC(=O)N/N=C/c1cc(Br)ccc1OCc1ccccc1. The van der Waals surface area contributed by atoms with Crippen molar-refractivity contribution in [2.75, 3.05) is 6.54 Å². The van der Waals surface area contributed by atoms with Gasteiger partial charge in [-0.3, -0.25) is 9.59 Å². The van der Waals surface area contributed by atoms with Crippen LogP contribution >= 0.6 is 15.9 Å². The average molecular weight is 516 g/mol. The minimum atomic E-state index is -0.374. The van der Waals surface area contributed by atoms with E-state index in [4.69, 9.17) is 4.74 Å². The van der Waals surface area contributed by atoms with E-state index in [1.54, 1.807) is 0 Å². The third-order valence-corrected chi connectivity index (χ3v) is 5.55. The van der Waals surface area contributed by atoms with Gasteiger partial charge in [0.25, 0.3) is 5.91 Å². The number of halogens is 1. The molecule has 0 saturated heterocycles. The number of hydrogen-bond acceptors (Lipinski definition) is 4. The van der Waals surface area contributed by atoms with Crippen LogP contribution in [0.4, 0.5) is 0 Å². The Morgan fingerprint density at radius 3 is 2.45 bits per heavy atom. The second-order valence-corrected chi connectivity index (χ2v) is 8.81. The lowest BCUT2D eigenvalue weighted by atomic mass is 10.1. The summed E-state index contributed by atoms with van der Waals surface area (Å²) in [6, 6.07) is 15.5. The molecule has 0 heterocycles. The van der Waals surface area contributed by atoms with E-state index < -0.39 is 0 Å². The Bertz CT molecular complexity index is 888. The van der Waals surface area contributed by atoms with Gasteiger partial charge < -0.3 is 10.1 Å². The second-order valence-electron chi connectivity index (χ2n) is 7.90. The zero-order chi connectivity index (χ0) is 23.7. The minimum Gasteiger partial charge on any atom is -0.488 e. The van der Waals surface area contributed by atoms with Crippen LogP contribution in [0.1, 0.15) is 69.4 Å². The summed E-state index contributed by atoms with van der Waals surface area (Å²) >= 11 is 3.44. The van der Waals surface area contributed by atoms with Crippen LogP contribution in [0.3, 0.4) is 0 Å². The molecule has 33 heavy (non-hydrogen) atoms. The van der Waals surface area contributed by atoms with Crippen molar-refractivity contribution in [1.29, 1.82) is 0 Å². The van der Waals surface area contributed by atoms with Crippen LogP contribution in [0, 0.1) is 0 Å². The van der Waals surface area contributed by atoms with Crippen LogP contribution in [0.2, 0.25) is 0 Å². The Kier molecular flexibility index (Phi) is 12.9. The number of nitrogens with one attached hydrogen (secondary N) is 2. The second kappa shape index (κ2) is 16.0. The highest BCUT2D eigenvalue weighted by atomic mass is 79.9. The van der Waals surface area contributed by atoms with Crippen LogP contribution in [0.5, 0.6) is 5.75 Å². The highest BCUT2D eigenvalue weighted by molar-refractivity contribution is 9.10. The number of hydrazone groups is 1. The van der Waals surface area contributed by atoms with Crippen molar-refractivity contribution in [3.8, 4) is 5.75 Å². The number of amides is 2. The first-order valence-electron chi connectivity index (χ1n) is 11.6. The van der Waals surface area contributed by atoms with Crippen molar-refractivity contribution in [1.82, 2.24) is 10.7 Å². The molecule has 2 N–H and O–H groups in total. The summed E-state index contributed by atoms with van der Waals surface area (Å²) in [5.74, 6) is 0.176. The van der Waals surface area contributed by atoms with Gasteiger partial charge in [-0.1, -0.05) is 91.7 Å². The van der Waals surface area contributed by atoms with E-state index in [2.05, 4.69) is 38.7 Å². The normalized spacial score (nSPS) is 10.8. The molecule has 6 nitrogen and oxygen atoms in total. The molecule has 0 aliphatic heterocycles. The van der Waals surface area contributed by atoms with Crippen molar-refractivity contribution in [3.05, 3.63) is 64.1 Å². The smallest absolute Gasteiger partial charge is 0.259 e. The molecule has 0 aliphatic carbocycles. The summed E-state index contributed by atoms with van der Waals surface area (Å²) in [4.78, 5) is 23.9. The van der Waals surface area contributed by atoms with E-state index >= 15 is 0 Å². The summed E-state index contributed by atoms with van der Waals surface area (Å²) in [5, 5.41) is 6.65. The molecule has 0 saturated carbocycles. The maximum absolute atomic E-state index is 12.0. The topological polar surface area (TPSA) is 79.8 Å². The maximum Gasteiger partial charge on any atom is 0.259 e. The molecular formula is C26H34BrN3O3. The van der Waals surface area contributed by atoms with Crippen molar-refractivity contribution in [2.45, 2.75) is 64.9 Å². The Morgan fingerprint density at radius 1 is 0.970 bits per heavy atom. The average Bonchev–Trinajstić information content (AvgIpc) is 2.82. The Balaban J connectivity index is 1.70. The largest absolute Gasteiger partial charge is 0.488 e. The zero-order valence-corrected chi connectivity index (χ0v) is 20.9. The molecule has 178 valence electrons. The van der Waals surface area contributed by atoms with Crippen LogP contribution in [-0.2, 0) is 16.2 Å². The number of ether oxygens (including phenoxy) is 1. The number of carbonyl (C=O) groups is 2. The number of rotatable bonds is 15. The molecule has 2 rings (SSSR count). The molecule has 7 heteroatoms. The predicted octanol–water partition coefficient (Wildman–Crippen LogP) is 5.74. The van der Waals surface area contributed by atoms with Crippen LogP contribution in [-0.4, -0.2) is 24.6 Å². The number of carbonyl (C=O) groups excluding carboxylic acids is 2. The van der Waals surface area contributed by atoms with Gasteiger partial charge in [0.1, 0.15) is 12.4 Å². The predicted molar refractivity (Wildman–Crippen MR) is 136 cm³/mol. The van der Waals surface area contributed by atoms with Crippen LogP contribution in [0.25, 0.3) is 0 Å². The fraction of sp³-hybridized carbons (Fsp3) is 0.423. The highest BCUT2D eigenvalue weighted by Crippen LogP contribution is 2.22. The van der Waals surface area contributed by atoms with Gasteiger partial charge >= 0.3 is 0 Å². The fourth-order valence-corrected chi connectivity index (χ4v) is 3.59. The quantitative estimate of drug-likeness (QED) is 0.180. The van der Waals surface area contributed by atoms with Gasteiger partial charge in [-0.05, 0) is 30.2 Å². The monoisotopic (exact) mass is 515 g/mol. The maximum atomic E-state index is 12.0. The van der Waals surface area contributed by atoms with E-state index in [1.807, 2.05) is 48.5 Å². The van der Waals surface area contributed by atoms with Crippen molar-refractivity contribution < 1.29 is 14.3 Å². The molecule has 0 radical (unpaired) electrons. The summed E-state index contributed by atoms with van der Waals surface area (Å²) < 4.78 is 6.78. The standard InChI is InChI=1S/C26H34BrN3O3/c1-2-3-4-5-6-7-11-14-25(31)28-19-26(32)30-29-18-22-17-23(27)15-16-24(22)33-20-21-12-9-8-10-13-21/h8-10,12-13,15-18H,2-7,11,14,19-20H2,1H3,(H,28,31)(H,30,32)/b29-18+. The molecule has 0 unspecified atom stereocenters. The molecule has 0 fully saturated rings. The van der Waals surface area contributed by atoms with Gasteiger partial charge in [0.2, 0.25) is 5.91 Å². The first kappa shape index (κ1) is 26.6. The summed E-state index contributed by atoms with van der Waals surface area (Å²) in [5.41, 5.74) is 4.23. The van der Waals surface area contributed by atoms with Gasteiger partial charge in [-0.2, -0.15) is 5.10 Å². The fourth-order valence-electron chi connectivity index (χ4n) is 3.21. The number of hydrogen-bond donors (Lipinski definition) is 2. The van der Waals surface area contributed by atoms with Crippen LogP contribution in [0.15, 0.2) is 58.1 Å². The van der Waals surface area contributed by atoms with Gasteiger partial charge in [0.15, 0.2) is 0 Å². The van der Waals surface area contributed by atoms with Gasteiger partial charge in [-0.25, -0.2) is 5.43 Å². The van der Waals surface area contributed by atoms with Crippen molar-refractivity contribution >= 4 is 34.0 Å². The summed E-state index contributed by atoms with van der Waals surface area (Å²) in [6.45, 7) is 2.54. The molecule has 2 aromatic carbocycles. The third-order valence-electron chi connectivity index (χ3n) is 5.06. The molecular weight excluding hydrogens is 482 g/mol. The number of unbranched alkanes of at least 4 members (excludes halogenated alkanes) is 6. The zero-order valence-electron chi connectivity index (χ0n) is 19.3. The first-order valence-corrected chi connectivity index (χ1v) is 12.4. The molecule has 0 aliphatic rings. The van der Waals surface area contributed by atoms with E-state index in [0.29, 0.717) is 18.8 Å². The van der Waals surface area contributed by atoms with E-state index in [1.165, 1.54) is 31.9 Å². The lowest BCUT2D eigenvalue weighted by Crippen LogP contribution is -2.34. The van der Waals surface area contributed by atoms with Gasteiger partial charge in [0, 0.05) is 16.5 Å². The number of benzene rings is 2. The minimum absolute atomic E-state index is 0.0947. The molecule has 0 bridgehead atoms. The number of nitrogens with zero attached hydrogens (tertiary/aromatic N) is 1. The molecule has 0 atom stereocenters. The van der Waals surface area contributed by atoms with Gasteiger partial charge in [0.05, 0.1) is 12.8 Å². The molecule has 0 spiro atoms. The Morgan fingerprint density at radius 2 is 1.70 bits per heavy atom. The lowest BCUT2D eigenvalue weighted by Gasteiger charge is -2.10. The molecule has 2 aromatic rings. The Labute approximate surface area is 205 Å². The highest BCUT2D eigenvalue weighted by Gasteiger charge is 2.06. The van der Waals surface area contributed by atoms with E-state index in [9.17, 15) is 9.59 Å². The third kappa shape index (κ3) is 11.7. The van der Waals surface area contributed by atoms with Crippen molar-refractivity contribution in [2.24, 2.45) is 5.10 Å².